The average molecular weight is 270 g/mol. The van der Waals surface area contributed by atoms with Gasteiger partial charge >= 0.3 is 0 Å². The molecule has 0 bridgehead atoms. The summed E-state index contributed by atoms with van der Waals surface area (Å²) in [7, 11) is 0. The summed E-state index contributed by atoms with van der Waals surface area (Å²) >= 11 is 2.35. The van der Waals surface area contributed by atoms with Crippen molar-refractivity contribution >= 4 is 28.7 Å². The zero-order valence-electron chi connectivity index (χ0n) is 6.83. The second-order valence-electron chi connectivity index (χ2n) is 2.47. The minimum Gasteiger partial charge on any atom is -0.102 e. The molecule has 1 rings (SSSR count). The number of alkyl halides is 1. The SMILES string of the molecule is C=Cc1ccccc1C(I)C=C. The molecule has 0 aliphatic carbocycles. The van der Waals surface area contributed by atoms with E-state index in [1.54, 1.807) is 0 Å². The molecule has 1 unspecified atom stereocenters. The Morgan fingerprint density at radius 1 is 1.25 bits per heavy atom. The highest BCUT2D eigenvalue weighted by molar-refractivity contribution is 14.1. The molecule has 0 heterocycles. The van der Waals surface area contributed by atoms with Crippen LogP contribution in [-0.2, 0) is 0 Å². The summed E-state index contributed by atoms with van der Waals surface area (Å²) in [5, 5.41) is 0. The molecule has 0 aliphatic rings. The van der Waals surface area contributed by atoms with Gasteiger partial charge in [0.1, 0.15) is 0 Å². The van der Waals surface area contributed by atoms with Crippen LogP contribution in [0.2, 0.25) is 0 Å². The van der Waals surface area contributed by atoms with E-state index in [9.17, 15) is 0 Å². The molecule has 0 radical (unpaired) electrons. The Labute approximate surface area is 87.1 Å². The molecular weight excluding hydrogens is 259 g/mol. The zero-order chi connectivity index (χ0) is 8.97. The molecule has 12 heavy (non-hydrogen) atoms. The summed E-state index contributed by atoms with van der Waals surface area (Å²) in [6.07, 6.45) is 3.81. The van der Waals surface area contributed by atoms with Crippen molar-refractivity contribution in [3.8, 4) is 0 Å². The first-order valence-electron chi connectivity index (χ1n) is 3.77. The lowest BCUT2D eigenvalue weighted by atomic mass is 10.1. The molecule has 0 saturated heterocycles. The zero-order valence-corrected chi connectivity index (χ0v) is 8.99. The molecule has 0 aromatic heterocycles. The van der Waals surface area contributed by atoms with Gasteiger partial charge in [0.2, 0.25) is 0 Å². The highest BCUT2D eigenvalue weighted by atomic mass is 127. The molecule has 1 aromatic carbocycles. The van der Waals surface area contributed by atoms with E-state index in [0.29, 0.717) is 3.92 Å². The Morgan fingerprint density at radius 2 is 1.92 bits per heavy atom. The molecule has 0 amide bonds. The number of benzene rings is 1. The normalized spacial score (nSPS) is 12.1. The molecule has 1 heteroatoms. The molecule has 62 valence electrons. The second-order valence-corrected chi connectivity index (χ2v) is 3.81. The van der Waals surface area contributed by atoms with Gasteiger partial charge in [-0.25, -0.2) is 0 Å². The molecule has 0 spiro atoms. The Morgan fingerprint density at radius 3 is 2.50 bits per heavy atom. The fourth-order valence-electron chi connectivity index (χ4n) is 1.07. The fourth-order valence-corrected chi connectivity index (χ4v) is 1.64. The first-order chi connectivity index (χ1) is 5.79. The standard InChI is InChI=1S/C11H11I/c1-3-9-7-5-6-8-10(9)11(12)4-2/h3-8,11H,1-2H2. The number of halogens is 1. The fraction of sp³-hybridized carbons (Fsp3) is 0.0909. The van der Waals surface area contributed by atoms with Crippen LogP contribution in [0, 0.1) is 0 Å². The van der Waals surface area contributed by atoms with Crippen LogP contribution in [0.1, 0.15) is 15.1 Å². The average Bonchev–Trinajstić information content (AvgIpc) is 2.16. The van der Waals surface area contributed by atoms with Crippen LogP contribution < -0.4 is 0 Å². The van der Waals surface area contributed by atoms with Crippen LogP contribution in [0.3, 0.4) is 0 Å². The van der Waals surface area contributed by atoms with Gasteiger partial charge in [-0.05, 0) is 11.1 Å². The second kappa shape index (κ2) is 4.45. The van der Waals surface area contributed by atoms with Gasteiger partial charge in [-0.2, -0.15) is 0 Å². The third-order valence-electron chi connectivity index (χ3n) is 1.72. The van der Waals surface area contributed by atoms with Crippen molar-refractivity contribution in [2.45, 2.75) is 3.92 Å². The van der Waals surface area contributed by atoms with Gasteiger partial charge in [0, 0.05) is 0 Å². The van der Waals surface area contributed by atoms with Crippen LogP contribution in [-0.4, -0.2) is 0 Å². The quantitative estimate of drug-likeness (QED) is 0.442. The summed E-state index contributed by atoms with van der Waals surface area (Å²) in [6, 6.07) is 8.23. The Bertz CT molecular complexity index is 289. The summed E-state index contributed by atoms with van der Waals surface area (Å²) in [5.41, 5.74) is 2.47. The lowest BCUT2D eigenvalue weighted by Crippen LogP contribution is -1.88. The number of hydrogen-bond acceptors (Lipinski definition) is 0. The highest BCUT2D eigenvalue weighted by Crippen LogP contribution is 2.27. The van der Waals surface area contributed by atoms with Gasteiger partial charge in [0.05, 0.1) is 3.92 Å². The van der Waals surface area contributed by atoms with Gasteiger partial charge in [0.15, 0.2) is 0 Å². The van der Waals surface area contributed by atoms with Crippen molar-refractivity contribution in [1.82, 2.24) is 0 Å². The van der Waals surface area contributed by atoms with Crippen molar-refractivity contribution in [3.05, 3.63) is 54.6 Å². The van der Waals surface area contributed by atoms with Gasteiger partial charge in [-0.3, -0.25) is 0 Å². The predicted molar refractivity (Wildman–Crippen MR) is 63.5 cm³/mol. The van der Waals surface area contributed by atoms with Crippen LogP contribution in [0.25, 0.3) is 6.08 Å². The summed E-state index contributed by atoms with van der Waals surface area (Å²) < 4.78 is 0.372. The molecule has 0 aliphatic heterocycles. The van der Waals surface area contributed by atoms with E-state index in [2.05, 4.69) is 47.9 Å². The van der Waals surface area contributed by atoms with E-state index in [-0.39, 0.29) is 0 Å². The summed E-state index contributed by atoms with van der Waals surface area (Å²) in [5.74, 6) is 0. The third kappa shape index (κ3) is 1.97. The van der Waals surface area contributed by atoms with Gasteiger partial charge in [-0.1, -0.05) is 65.6 Å². The first kappa shape index (κ1) is 9.52. The molecular formula is C11H11I. The van der Waals surface area contributed by atoms with E-state index in [1.807, 2.05) is 24.3 Å². The molecule has 1 aromatic rings. The van der Waals surface area contributed by atoms with Crippen molar-refractivity contribution in [1.29, 1.82) is 0 Å². The highest BCUT2D eigenvalue weighted by Gasteiger charge is 2.04. The van der Waals surface area contributed by atoms with E-state index >= 15 is 0 Å². The van der Waals surface area contributed by atoms with Gasteiger partial charge in [0.25, 0.3) is 0 Å². The number of allylic oxidation sites excluding steroid dienone is 1. The molecule has 0 fully saturated rings. The Hall–Kier alpha value is -0.570. The molecule has 0 N–H and O–H groups in total. The van der Waals surface area contributed by atoms with Gasteiger partial charge in [-0.15, -0.1) is 6.58 Å². The Kier molecular flexibility index (Phi) is 3.53. The maximum atomic E-state index is 3.77. The largest absolute Gasteiger partial charge is 0.102 e. The van der Waals surface area contributed by atoms with E-state index in [4.69, 9.17) is 0 Å². The van der Waals surface area contributed by atoms with E-state index < -0.39 is 0 Å². The minimum atomic E-state index is 0.372. The van der Waals surface area contributed by atoms with Crippen molar-refractivity contribution in [2.75, 3.05) is 0 Å². The van der Waals surface area contributed by atoms with Crippen LogP contribution in [0.5, 0.6) is 0 Å². The van der Waals surface area contributed by atoms with Crippen molar-refractivity contribution < 1.29 is 0 Å². The Balaban J connectivity index is 3.12. The topological polar surface area (TPSA) is 0 Å². The lowest BCUT2D eigenvalue weighted by Gasteiger charge is -2.07. The van der Waals surface area contributed by atoms with Crippen molar-refractivity contribution in [2.24, 2.45) is 0 Å². The first-order valence-corrected chi connectivity index (χ1v) is 5.02. The maximum Gasteiger partial charge on any atom is 0.0542 e. The van der Waals surface area contributed by atoms with Crippen LogP contribution in [0.15, 0.2) is 43.5 Å². The van der Waals surface area contributed by atoms with Crippen molar-refractivity contribution in [3.63, 3.8) is 0 Å². The third-order valence-corrected chi connectivity index (χ3v) is 2.90. The van der Waals surface area contributed by atoms with E-state index in [0.717, 1.165) is 0 Å². The maximum absolute atomic E-state index is 3.77. The lowest BCUT2D eigenvalue weighted by molar-refractivity contribution is 1.27. The minimum absolute atomic E-state index is 0.372. The van der Waals surface area contributed by atoms with E-state index in [1.165, 1.54) is 11.1 Å². The summed E-state index contributed by atoms with van der Waals surface area (Å²) in [4.78, 5) is 0. The van der Waals surface area contributed by atoms with Gasteiger partial charge < -0.3 is 0 Å². The van der Waals surface area contributed by atoms with Crippen LogP contribution >= 0.6 is 22.6 Å². The predicted octanol–water partition coefficient (Wildman–Crippen LogP) is 3.99. The molecule has 1 atom stereocenters. The molecule has 0 saturated carbocycles. The monoisotopic (exact) mass is 270 g/mol. The summed E-state index contributed by atoms with van der Waals surface area (Å²) in [6.45, 7) is 7.54. The van der Waals surface area contributed by atoms with Crippen LogP contribution in [0.4, 0.5) is 0 Å². The smallest absolute Gasteiger partial charge is 0.0542 e. The number of hydrogen-bond donors (Lipinski definition) is 0. The number of rotatable bonds is 3. The molecule has 0 nitrogen and oxygen atoms in total.